The number of hydrogen-bond donors (Lipinski definition) is 2. The molecule has 1 aliphatic rings. The molecule has 0 saturated carbocycles. The van der Waals surface area contributed by atoms with Crippen LogP contribution in [0, 0.1) is 0 Å². The first-order valence-electron chi connectivity index (χ1n) is 8.92. The van der Waals surface area contributed by atoms with Crippen LogP contribution in [0.15, 0.2) is 48.5 Å². The Morgan fingerprint density at radius 1 is 1.15 bits per heavy atom. The van der Waals surface area contributed by atoms with Crippen LogP contribution in [-0.2, 0) is 4.74 Å². The quantitative estimate of drug-likeness (QED) is 0.789. The zero-order chi connectivity index (χ0) is 19.4. The fraction of sp³-hybridized carbons (Fsp3) is 0.333. The van der Waals surface area contributed by atoms with Gasteiger partial charge < -0.3 is 15.2 Å². The third kappa shape index (κ3) is 4.35. The number of nitrogens with zero attached hydrogens (tertiary/aromatic N) is 1. The second-order valence-corrected chi connectivity index (χ2v) is 6.83. The van der Waals surface area contributed by atoms with Gasteiger partial charge >= 0.3 is 5.97 Å². The maximum Gasteiger partial charge on any atom is 0.337 e. The minimum absolute atomic E-state index is 0.0380. The van der Waals surface area contributed by atoms with Crippen LogP contribution < -0.4 is 5.32 Å². The maximum absolute atomic E-state index is 12.5. The lowest BCUT2D eigenvalue weighted by molar-refractivity contribution is 0.0600. The second kappa shape index (κ2) is 8.33. The number of carbonyl (C=O) groups is 2. The average Bonchev–Trinajstić information content (AvgIpc) is 3.06. The van der Waals surface area contributed by atoms with Crippen molar-refractivity contribution in [3.63, 3.8) is 0 Å². The van der Waals surface area contributed by atoms with Crippen molar-refractivity contribution >= 4 is 11.9 Å². The molecule has 0 radical (unpaired) electrons. The number of aliphatic hydroxyl groups is 1. The molecular weight excluding hydrogens is 344 g/mol. The van der Waals surface area contributed by atoms with Gasteiger partial charge in [-0.1, -0.05) is 24.3 Å². The summed E-state index contributed by atoms with van der Waals surface area (Å²) in [5.74, 6) is -0.502. The van der Waals surface area contributed by atoms with Crippen molar-refractivity contribution in [3.8, 4) is 11.1 Å². The molecule has 27 heavy (non-hydrogen) atoms. The van der Waals surface area contributed by atoms with Crippen LogP contribution in [-0.4, -0.2) is 61.3 Å². The van der Waals surface area contributed by atoms with E-state index in [0.717, 1.165) is 24.1 Å². The van der Waals surface area contributed by atoms with Gasteiger partial charge in [-0.2, -0.15) is 0 Å². The fourth-order valence-electron chi connectivity index (χ4n) is 3.42. The summed E-state index contributed by atoms with van der Waals surface area (Å²) in [6.45, 7) is 0.831. The number of esters is 1. The molecule has 1 aliphatic heterocycles. The van der Waals surface area contributed by atoms with E-state index in [1.165, 1.54) is 7.11 Å². The predicted molar refractivity (Wildman–Crippen MR) is 103 cm³/mol. The molecule has 142 valence electrons. The smallest absolute Gasteiger partial charge is 0.337 e. The van der Waals surface area contributed by atoms with Crippen molar-refractivity contribution in [1.82, 2.24) is 10.2 Å². The Hall–Kier alpha value is -2.70. The van der Waals surface area contributed by atoms with Gasteiger partial charge in [0.1, 0.15) is 0 Å². The molecule has 1 heterocycles. The number of benzene rings is 2. The van der Waals surface area contributed by atoms with Crippen molar-refractivity contribution in [2.75, 3.05) is 27.3 Å². The Bertz CT molecular complexity index is 819. The normalized spacial score (nSPS) is 19.7. The van der Waals surface area contributed by atoms with Crippen LogP contribution in [0.5, 0.6) is 0 Å². The molecule has 6 nitrogen and oxygen atoms in total. The Labute approximate surface area is 158 Å². The van der Waals surface area contributed by atoms with Gasteiger partial charge in [-0.25, -0.2) is 4.79 Å². The first-order valence-corrected chi connectivity index (χ1v) is 8.92. The summed E-state index contributed by atoms with van der Waals surface area (Å²) in [6, 6.07) is 14.6. The largest absolute Gasteiger partial charge is 0.465 e. The molecule has 6 heteroatoms. The first kappa shape index (κ1) is 19.1. The molecule has 1 amide bonds. The third-order valence-corrected chi connectivity index (χ3v) is 5.00. The molecule has 3 rings (SSSR count). The molecule has 0 bridgehead atoms. The number of aliphatic hydroxyl groups excluding tert-OH is 1. The minimum Gasteiger partial charge on any atom is -0.465 e. The van der Waals surface area contributed by atoms with Crippen molar-refractivity contribution in [2.45, 2.75) is 18.5 Å². The topological polar surface area (TPSA) is 78.9 Å². The van der Waals surface area contributed by atoms with E-state index < -0.39 is 0 Å². The van der Waals surface area contributed by atoms with E-state index in [0.29, 0.717) is 11.1 Å². The van der Waals surface area contributed by atoms with Crippen LogP contribution in [0.4, 0.5) is 0 Å². The molecule has 2 aromatic carbocycles. The highest BCUT2D eigenvalue weighted by Crippen LogP contribution is 2.22. The van der Waals surface area contributed by atoms with Crippen molar-refractivity contribution < 1.29 is 19.4 Å². The third-order valence-electron chi connectivity index (χ3n) is 5.00. The summed E-state index contributed by atoms with van der Waals surface area (Å²) in [5.41, 5.74) is 2.87. The van der Waals surface area contributed by atoms with E-state index in [9.17, 15) is 14.7 Å². The van der Waals surface area contributed by atoms with E-state index in [4.69, 9.17) is 4.74 Å². The van der Waals surface area contributed by atoms with Gasteiger partial charge in [-0.05, 0) is 48.9 Å². The molecule has 1 fully saturated rings. The van der Waals surface area contributed by atoms with E-state index in [-0.39, 0.29) is 30.6 Å². The predicted octanol–water partition coefficient (Wildman–Crippen LogP) is 1.93. The number of methoxy groups -OCH3 is 1. The SMILES string of the molecule is COC(=O)c1cccc(-c2ccc(C(=O)N[C@@H]3C[C@@H](CO)N(C)C3)cc2)c1. The number of likely N-dealkylation sites (N-methyl/N-ethyl adjacent to an activating group) is 1. The lowest BCUT2D eigenvalue weighted by atomic mass is 10.0. The molecule has 2 atom stereocenters. The molecule has 0 spiro atoms. The Kier molecular flexibility index (Phi) is 5.88. The van der Waals surface area contributed by atoms with Gasteiger partial charge in [0.05, 0.1) is 19.3 Å². The van der Waals surface area contributed by atoms with E-state index in [2.05, 4.69) is 10.2 Å². The number of hydrogen-bond acceptors (Lipinski definition) is 5. The van der Waals surface area contributed by atoms with Gasteiger partial charge in [0.2, 0.25) is 0 Å². The highest BCUT2D eigenvalue weighted by atomic mass is 16.5. The monoisotopic (exact) mass is 368 g/mol. The molecule has 2 N–H and O–H groups in total. The zero-order valence-corrected chi connectivity index (χ0v) is 15.5. The maximum atomic E-state index is 12.5. The van der Waals surface area contributed by atoms with Gasteiger partial charge in [-0.3, -0.25) is 9.69 Å². The molecular formula is C21H24N2O4. The van der Waals surface area contributed by atoms with E-state index >= 15 is 0 Å². The Morgan fingerprint density at radius 3 is 2.52 bits per heavy atom. The number of nitrogens with one attached hydrogen (secondary N) is 1. The standard InChI is InChI=1S/C21H24N2O4/c1-23-12-18(11-19(23)13-24)22-20(25)15-8-6-14(7-9-15)16-4-3-5-17(10-16)21(26)27-2/h3-10,18-19,24H,11-13H2,1-2H3,(H,22,25)/t18-,19+/m1/s1. The van der Waals surface area contributed by atoms with Crippen LogP contribution >= 0.6 is 0 Å². The van der Waals surface area contributed by atoms with Gasteiger partial charge in [-0.15, -0.1) is 0 Å². The second-order valence-electron chi connectivity index (χ2n) is 6.83. The fourth-order valence-corrected chi connectivity index (χ4v) is 3.42. The minimum atomic E-state index is -0.379. The Morgan fingerprint density at radius 2 is 1.89 bits per heavy atom. The number of carbonyl (C=O) groups excluding carboxylic acids is 2. The van der Waals surface area contributed by atoms with Gasteiger partial charge in [0.15, 0.2) is 0 Å². The average molecular weight is 368 g/mol. The summed E-state index contributed by atoms with van der Waals surface area (Å²) in [5, 5.41) is 12.4. The summed E-state index contributed by atoms with van der Waals surface area (Å²) in [7, 11) is 3.30. The summed E-state index contributed by atoms with van der Waals surface area (Å²) in [6.07, 6.45) is 0.747. The van der Waals surface area contributed by atoms with Gasteiger partial charge in [0.25, 0.3) is 5.91 Å². The first-order chi connectivity index (χ1) is 13.0. The molecule has 0 aromatic heterocycles. The van der Waals surface area contributed by atoms with Crippen LogP contribution in [0.1, 0.15) is 27.1 Å². The van der Waals surface area contributed by atoms with Crippen LogP contribution in [0.2, 0.25) is 0 Å². The Balaban J connectivity index is 1.68. The van der Waals surface area contributed by atoms with Crippen LogP contribution in [0.25, 0.3) is 11.1 Å². The summed E-state index contributed by atoms with van der Waals surface area (Å²) < 4.78 is 4.75. The van der Waals surface area contributed by atoms with Crippen molar-refractivity contribution in [2.24, 2.45) is 0 Å². The van der Waals surface area contributed by atoms with E-state index in [1.54, 1.807) is 30.3 Å². The summed E-state index contributed by atoms with van der Waals surface area (Å²) in [4.78, 5) is 26.2. The lowest BCUT2D eigenvalue weighted by Gasteiger charge is -2.15. The molecule has 2 aromatic rings. The number of ether oxygens (including phenoxy) is 1. The summed E-state index contributed by atoms with van der Waals surface area (Å²) >= 11 is 0. The zero-order valence-electron chi connectivity index (χ0n) is 15.5. The van der Waals surface area contributed by atoms with Gasteiger partial charge in [0, 0.05) is 24.2 Å². The van der Waals surface area contributed by atoms with Crippen LogP contribution in [0.3, 0.4) is 0 Å². The van der Waals surface area contributed by atoms with Crippen molar-refractivity contribution in [3.05, 3.63) is 59.7 Å². The van der Waals surface area contributed by atoms with Crippen molar-refractivity contribution in [1.29, 1.82) is 0 Å². The number of likely N-dealkylation sites (tertiary alicyclic amines) is 1. The molecule has 0 aliphatic carbocycles. The lowest BCUT2D eigenvalue weighted by Crippen LogP contribution is -2.36. The highest BCUT2D eigenvalue weighted by molar-refractivity contribution is 5.95. The molecule has 0 unspecified atom stereocenters. The highest BCUT2D eigenvalue weighted by Gasteiger charge is 2.29. The van der Waals surface area contributed by atoms with E-state index in [1.807, 2.05) is 25.2 Å². The number of rotatable bonds is 5. The number of amides is 1. The molecule has 1 saturated heterocycles.